The molecule has 0 amide bonds. The standard InChI is InChI=1S/C59H39N7/c1-9-28-48-39(19-1)40-20-2-10-29-49(40)63(48)38-18-17-27-47(60-56(36-38)64-50-30-11-3-21-41(50)42-22-4-12-31-51(42)64)59-61-57(65-52-32-13-5-23-43(52)44-24-6-14-33-53(44)65)37-58(62-59)66-54-34-15-7-25-45(54)46-26-8-16-35-55(46)66/h1-16,19-37H,17-18H2/b38-36+,47-27?,60-56?. The Balaban J connectivity index is 1.07. The molecule has 0 bridgehead atoms. The summed E-state index contributed by atoms with van der Waals surface area (Å²) in [4.78, 5) is 16.9. The number of allylic oxidation sites excluding steroid dienone is 3. The molecule has 0 atom stereocenters. The lowest BCUT2D eigenvalue weighted by Crippen LogP contribution is -2.14. The fourth-order valence-electron chi connectivity index (χ4n) is 10.7. The molecule has 8 aromatic carbocycles. The minimum Gasteiger partial charge on any atom is -0.313 e. The molecule has 0 spiro atoms. The van der Waals surface area contributed by atoms with E-state index >= 15 is 0 Å². The third-order valence-electron chi connectivity index (χ3n) is 13.5. The number of nitrogens with zero attached hydrogens (tertiary/aromatic N) is 7. The molecule has 0 unspecified atom stereocenters. The van der Waals surface area contributed by atoms with Gasteiger partial charge in [-0.05, 0) is 61.4 Å². The van der Waals surface area contributed by atoms with E-state index in [-0.39, 0.29) is 0 Å². The summed E-state index contributed by atoms with van der Waals surface area (Å²) in [5, 5.41) is 9.50. The van der Waals surface area contributed by atoms with Gasteiger partial charge in [0.25, 0.3) is 0 Å². The summed E-state index contributed by atoms with van der Waals surface area (Å²) in [6.07, 6.45) is 6.03. The Hall–Kier alpha value is -8.81. The summed E-state index contributed by atoms with van der Waals surface area (Å²) in [5.74, 6) is 2.89. The van der Waals surface area contributed by atoms with Crippen molar-refractivity contribution in [3.8, 4) is 11.6 Å². The highest BCUT2D eigenvalue weighted by Crippen LogP contribution is 2.38. The van der Waals surface area contributed by atoms with Crippen LogP contribution < -0.4 is 0 Å². The van der Waals surface area contributed by atoms with E-state index in [0.29, 0.717) is 11.5 Å². The first-order chi connectivity index (χ1) is 32.8. The predicted octanol–water partition coefficient (Wildman–Crippen LogP) is 14.5. The van der Waals surface area contributed by atoms with Crippen LogP contribution in [0.4, 0.5) is 0 Å². The van der Waals surface area contributed by atoms with Crippen molar-refractivity contribution in [2.24, 2.45) is 4.99 Å². The number of aliphatic imine (C=N–C) groups is 1. The van der Waals surface area contributed by atoms with Gasteiger partial charge in [-0.2, -0.15) is 0 Å². The van der Waals surface area contributed by atoms with Gasteiger partial charge < -0.3 is 4.57 Å². The van der Waals surface area contributed by atoms with Crippen LogP contribution in [-0.4, -0.2) is 34.1 Å². The number of fused-ring (bicyclic) bond motifs is 12. The third kappa shape index (κ3) is 5.40. The molecule has 13 aromatic rings. The van der Waals surface area contributed by atoms with Crippen molar-refractivity contribution >= 4 is 104 Å². The van der Waals surface area contributed by atoms with E-state index < -0.39 is 0 Å². The molecule has 0 fully saturated rings. The summed E-state index contributed by atoms with van der Waals surface area (Å²) in [6.45, 7) is 0. The molecule has 0 saturated carbocycles. The lowest BCUT2D eigenvalue weighted by Gasteiger charge is -2.18. The second kappa shape index (κ2) is 14.4. The minimum atomic E-state index is 0.554. The lowest BCUT2D eigenvalue weighted by molar-refractivity contribution is 0.952. The Bertz CT molecular complexity index is 3900. The summed E-state index contributed by atoms with van der Waals surface area (Å²) in [7, 11) is 0. The van der Waals surface area contributed by atoms with E-state index in [4.69, 9.17) is 15.0 Å². The van der Waals surface area contributed by atoms with E-state index in [0.717, 1.165) is 69.1 Å². The van der Waals surface area contributed by atoms with Crippen molar-refractivity contribution in [2.75, 3.05) is 0 Å². The van der Waals surface area contributed by atoms with Gasteiger partial charge in [0.15, 0.2) is 5.82 Å². The highest BCUT2D eigenvalue weighted by atomic mass is 15.2. The number of benzene rings is 8. The molecule has 0 saturated heterocycles. The largest absolute Gasteiger partial charge is 0.313 e. The smallest absolute Gasteiger partial charge is 0.182 e. The number of aromatic nitrogens is 6. The van der Waals surface area contributed by atoms with Crippen LogP contribution in [0, 0.1) is 0 Å². The fraction of sp³-hybridized carbons (Fsp3) is 0.0339. The highest BCUT2D eigenvalue weighted by Gasteiger charge is 2.23. The topological polar surface area (TPSA) is 57.9 Å². The molecule has 310 valence electrons. The van der Waals surface area contributed by atoms with E-state index in [2.05, 4.69) is 231 Å². The van der Waals surface area contributed by atoms with Crippen LogP contribution in [0.5, 0.6) is 0 Å². The van der Waals surface area contributed by atoms with Crippen LogP contribution in [0.25, 0.3) is 110 Å². The van der Waals surface area contributed by atoms with Crippen molar-refractivity contribution < 1.29 is 0 Å². The number of hydrogen-bond donors (Lipinski definition) is 0. The maximum Gasteiger partial charge on any atom is 0.182 e. The lowest BCUT2D eigenvalue weighted by atomic mass is 10.1. The average Bonchev–Trinajstić information content (AvgIpc) is 4.10. The Kier molecular flexibility index (Phi) is 7.97. The van der Waals surface area contributed by atoms with Crippen molar-refractivity contribution in [2.45, 2.75) is 12.8 Å². The number of hydrogen-bond acceptors (Lipinski definition) is 3. The van der Waals surface area contributed by atoms with Crippen molar-refractivity contribution in [3.63, 3.8) is 0 Å². The first-order valence-electron chi connectivity index (χ1n) is 22.6. The molecule has 0 radical (unpaired) electrons. The fourth-order valence-corrected chi connectivity index (χ4v) is 10.7. The van der Waals surface area contributed by atoms with Crippen LogP contribution in [0.1, 0.15) is 18.7 Å². The van der Waals surface area contributed by atoms with E-state index in [1.807, 2.05) is 0 Å². The van der Waals surface area contributed by atoms with Crippen molar-refractivity contribution in [1.29, 1.82) is 0 Å². The van der Waals surface area contributed by atoms with Crippen LogP contribution in [0.2, 0.25) is 0 Å². The van der Waals surface area contributed by atoms with Gasteiger partial charge in [0.1, 0.15) is 23.2 Å². The van der Waals surface area contributed by atoms with Gasteiger partial charge in [-0.3, -0.25) is 13.7 Å². The first kappa shape index (κ1) is 36.7. The van der Waals surface area contributed by atoms with Crippen LogP contribution in [0.3, 0.4) is 0 Å². The van der Waals surface area contributed by atoms with Gasteiger partial charge in [0, 0.05) is 60.9 Å². The molecule has 1 aliphatic heterocycles. The summed E-state index contributed by atoms with van der Waals surface area (Å²) >= 11 is 0. The first-order valence-corrected chi connectivity index (χ1v) is 22.6. The van der Waals surface area contributed by atoms with Gasteiger partial charge in [-0.15, -0.1) is 0 Å². The zero-order valence-electron chi connectivity index (χ0n) is 35.8. The molecule has 6 heterocycles. The zero-order valence-corrected chi connectivity index (χ0v) is 35.8. The summed E-state index contributed by atoms with van der Waals surface area (Å²) < 4.78 is 9.33. The molecular weight excluding hydrogens is 807 g/mol. The minimum absolute atomic E-state index is 0.554. The molecule has 0 aliphatic carbocycles. The van der Waals surface area contributed by atoms with Gasteiger partial charge in [-0.1, -0.05) is 152 Å². The Labute approximate surface area is 378 Å². The Morgan fingerprint density at radius 1 is 0.333 bits per heavy atom. The molecule has 5 aromatic heterocycles. The van der Waals surface area contributed by atoms with Crippen LogP contribution in [-0.2, 0) is 0 Å². The van der Waals surface area contributed by atoms with Crippen molar-refractivity contribution in [1.82, 2.24) is 28.2 Å². The molecule has 66 heavy (non-hydrogen) atoms. The summed E-state index contributed by atoms with van der Waals surface area (Å²) in [5.41, 5.74) is 10.7. The average molecular weight is 846 g/mol. The van der Waals surface area contributed by atoms with Gasteiger partial charge >= 0.3 is 0 Å². The van der Waals surface area contributed by atoms with E-state index in [1.54, 1.807) is 0 Å². The Morgan fingerprint density at radius 3 is 0.985 bits per heavy atom. The normalized spacial score (nSPS) is 14.4. The monoisotopic (exact) mass is 845 g/mol. The molecule has 14 rings (SSSR count). The quantitative estimate of drug-likeness (QED) is 0.177. The van der Waals surface area contributed by atoms with Gasteiger partial charge in [0.05, 0.1) is 44.1 Å². The highest BCUT2D eigenvalue weighted by molar-refractivity contribution is 6.19. The third-order valence-corrected chi connectivity index (χ3v) is 13.5. The van der Waals surface area contributed by atoms with Gasteiger partial charge in [0.2, 0.25) is 0 Å². The van der Waals surface area contributed by atoms with Crippen molar-refractivity contribution in [3.05, 3.63) is 218 Å². The van der Waals surface area contributed by atoms with E-state index in [1.165, 1.54) is 54.1 Å². The molecule has 0 N–H and O–H groups in total. The maximum absolute atomic E-state index is 5.77. The van der Waals surface area contributed by atoms with Crippen LogP contribution in [0.15, 0.2) is 217 Å². The van der Waals surface area contributed by atoms with Gasteiger partial charge in [-0.25, -0.2) is 15.0 Å². The SMILES string of the molecule is C1=C(c2nc(-n3c4ccccc4c4ccccc43)cc(-n3c4ccccc4c4ccccc43)n2)N=C(n2c3ccccc3c3ccccc32)/C=C(/n2c3ccccc3c3ccccc32)CC1. The maximum atomic E-state index is 5.77. The zero-order chi connectivity index (χ0) is 43.3. The second-order valence-corrected chi connectivity index (χ2v) is 17.1. The van der Waals surface area contributed by atoms with Crippen LogP contribution >= 0.6 is 0 Å². The molecular formula is C59H39N7. The summed E-state index contributed by atoms with van der Waals surface area (Å²) in [6, 6.07) is 71.3. The predicted molar refractivity (Wildman–Crippen MR) is 274 cm³/mol. The molecule has 7 heteroatoms. The van der Waals surface area contributed by atoms with E-state index in [9.17, 15) is 0 Å². The Morgan fingerprint density at radius 2 is 0.636 bits per heavy atom. The molecule has 7 nitrogen and oxygen atoms in total. The molecule has 1 aliphatic rings. The number of para-hydroxylation sites is 8. The second-order valence-electron chi connectivity index (χ2n) is 17.1. The number of rotatable bonds is 4.